The van der Waals surface area contributed by atoms with Crippen LogP contribution in [0.1, 0.15) is 88.3 Å². The molecule has 346 valence electrons. The zero-order valence-corrected chi connectivity index (χ0v) is 38.4. The van der Waals surface area contributed by atoms with Crippen LogP contribution in [0.2, 0.25) is 5.02 Å². The van der Waals surface area contributed by atoms with Crippen molar-refractivity contribution in [2.75, 3.05) is 47.5 Å². The molecule has 2 aromatic carbocycles. The number of halogens is 4. The molecule has 5 fully saturated rings. The number of nitrogens with two attached hydrogens (primary N) is 1. The monoisotopic (exact) mass is 925 g/mol. The summed E-state index contributed by atoms with van der Waals surface area (Å²) in [4.78, 5) is 70.5. The molecule has 0 radical (unpaired) electrons. The van der Waals surface area contributed by atoms with Gasteiger partial charge in [-0.15, -0.1) is 12.4 Å². The fraction of sp³-hybridized carbons (Fsp3) is 0.595. The molecule has 63 heavy (non-hydrogen) atoms. The number of urea groups is 1. The summed E-state index contributed by atoms with van der Waals surface area (Å²) in [5.74, 6) is -7.48. The average Bonchev–Trinajstić information content (AvgIpc) is 3.57. The van der Waals surface area contributed by atoms with Gasteiger partial charge in [0.15, 0.2) is 17.3 Å². The molecular formula is C42H56BCl2F2N5O11. The van der Waals surface area contributed by atoms with E-state index in [0.717, 1.165) is 18.6 Å². The second-order valence-electron chi connectivity index (χ2n) is 17.9. The van der Waals surface area contributed by atoms with Gasteiger partial charge in [0, 0.05) is 25.2 Å². The van der Waals surface area contributed by atoms with Crippen LogP contribution in [0.3, 0.4) is 0 Å². The van der Waals surface area contributed by atoms with E-state index in [4.69, 9.17) is 45.6 Å². The van der Waals surface area contributed by atoms with E-state index in [1.807, 2.05) is 6.92 Å². The minimum atomic E-state index is -1.86. The number of benzene rings is 2. The van der Waals surface area contributed by atoms with Crippen molar-refractivity contribution in [1.29, 1.82) is 0 Å². The first-order chi connectivity index (χ1) is 29.1. The van der Waals surface area contributed by atoms with Crippen LogP contribution < -0.4 is 30.6 Å². The Morgan fingerprint density at radius 1 is 0.984 bits per heavy atom. The van der Waals surface area contributed by atoms with Crippen molar-refractivity contribution in [1.82, 2.24) is 20.4 Å². The highest BCUT2D eigenvalue weighted by Gasteiger charge is 2.68. The number of hydrogen-bond acceptors (Lipinski definition) is 12. The van der Waals surface area contributed by atoms with E-state index in [1.54, 1.807) is 20.8 Å². The molecule has 0 aromatic heterocycles. The van der Waals surface area contributed by atoms with Gasteiger partial charge in [0.2, 0.25) is 5.91 Å². The number of piperazine rings is 1. The number of amides is 5. The molecule has 2 aromatic rings. The molecule has 16 nitrogen and oxygen atoms in total. The molecule has 2 aliphatic heterocycles. The van der Waals surface area contributed by atoms with Crippen LogP contribution in [0.25, 0.3) is 0 Å². The van der Waals surface area contributed by atoms with Gasteiger partial charge >= 0.3 is 30.9 Å². The predicted octanol–water partition coefficient (Wildman–Crippen LogP) is 4.79. The first-order valence-electron chi connectivity index (χ1n) is 20.5. The Morgan fingerprint density at radius 3 is 2.25 bits per heavy atom. The van der Waals surface area contributed by atoms with Crippen molar-refractivity contribution in [3.63, 3.8) is 0 Å². The van der Waals surface area contributed by atoms with Gasteiger partial charge in [-0.05, 0) is 94.9 Å². The Morgan fingerprint density at radius 2 is 1.65 bits per heavy atom. The number of carbonyl (C=O) groups excluding carboxylic acids is 5. The number of carbonyl (C=O) groups is 5. The highest BCUT2D eigenvalue weighted by molar-refractivity contribution is 6.48. The van der Waals surface area contributed by atoms with E-state index in [0.29, 0.717) is 23.7 Å². The van der Waals surface area contributed by atoms with E-state index in [1.165, 1.54) is 32.3 Å². The summed E-state index contributed by atoms with van der Waals surface area (Å²) in [7, 11) is 2.49. The van der Waals surface area contributed by atoms with Crippen LogP contribution >= 0.6 is 24.0 Å². The first kappa shape index (κ1) is 49.6. The molecule has 2 bridgehead atoms. The standard InChI is InChI=1S/C42H55BClF2N5O11.ClH/c1-40(2,3)60-38(55)29-24(45)12-11-21(32(29)57-7)17-28(43-61-27-19-22-18-26(41(22,4)5)42(27,6)62-43)48-35(52)31(23-20-25(46)33(58-8)34(59-9)30(23)44)49-39(56)51-16-15-50(14-10-13-47)36(53)37(51)54;/h11-12,20,22,26-28,31H,10,13-19,47H2,1-9H3,(H,48,52)(H,49,56);1H/t22-,26-,27+,28-,31?,42-;/m0./s1. The summed E-state index contributed by atoms with van der Waals surface area (Å²) < 4.78 is 66.3. The Balaban J connectivity index is 0.00000748. The van der Waals surface area contributed by atoms with Gasteiger partial charge in [-0.3, -0.25) is 19.3 Å². The molecule has 1 unspecified atom stereocenters. The fourth-order valence-corrected chi connectivity index (χ4v) is 9.67. The molecule has 21 heteroatoms. The largest absolute Gasteiger partial charge is 0.495 e. The second-order valence-corrected chi connectivity index (χ2v) is 18.3. The SMILES string of the molecule is COc1c(F)cc(C(NC(=O)N2CCN(CCCN)C(=O)C2=O)C(=O)N[C@@H](Cc2ccc(F)c(C(=O)OC(C)(C)C)c2OC)B2O[C@@H]3C[C@@H]4C[C@@H](C4(C)C)[C@]3(C)O2)c(Cl)c1OC.Cl. The van der Waals surface area contributed by atoms with E-state index in [2.05, 4.69) is 24.5 Å². The van der Waals surface area contributed by atoms with E-state index in [-0.39, 0.29) is 95.8 Å². The quantitative estimate of drug-likeness (QED) is 0.133. The maximum atomic E-state index is 15.7. The number of methoxy groups -OCH3 is 3. The van der Waals surface area contributed by atoms with Crippen LogP contribution in [0.4, 0.5) is 13.6 Å². The van der Waals surface area contributed by atoms with E-state index < -0.39 is 77.2 Å². The lowest BCUT2D eigenvalue weighted by Crippen LogP contribution is -2.65. The van der Waals surface area contributed by atoms with Gasteiger partial charge in [0.1, 0.15) is 28.8 Å². The number of ether oxygens (including phenoxy) is 4. The topological polar surface area (TPSA) is 197 Å². The summed E-state index contributed by atoms with van der Waals surface area (Å²) in [5, 5.41) is 5.07. The normalized spacial score (nSPS) is 23.4. The second kappa shape index (κ2) is 19.0. The van der Waals surface area contributed by atoms with Crippen molar-refractivity contribution in [2.45, 2.75) is 96.5 Å². The van der Waals surface area contributed by atoms with Gasteiger partial charge in [-0.1, -0.05) is 31.5 Å². The molecule has 5 aliphatic rings. The minimum absolute atomic E-state index is 0. The lowest BCUT2D eigenvalue weighted by molar-refractivity contribution is -0.199. The number of hydrogen-bond donors (Lipinski definition) is 3. The number of nitrogens with zero attached hydrogens (tertiary/aromatic N) is 2. The highest BCUT2D eigenvalue weighted by Crippen LogP contribution is 2.65. The molecule has 3 saturated carbocycles. The van der Waals surface area contributed by atoms with Gasteiger partial charge in [0.25, 0.3) is 0 Å². The first-order valence-corrected chi connectivity index (χ1v) is 20.9. The summed E-state index contributed by atoms with van der Waals surface area (Å²) in [6.45, 7) is 11.5. The molecule has 2 heterocycles. The van der Waals surface area contributed by atoms with Crippen molar-refractivity contribution in [3.05, 3.63) is 51.5 Å². The number of nitrogens with one attached hydrogen (secondary N) is 2. The van der Waals surface area contributed by atoms with Gasteiger partial charge in [0.05, 0.1) is 44.0 Å². The summed E-state index contributed by atoms with van der Waals surface area (Å²) in [5.41, 5.74) is 3.27. The summed E-state index contributed by atoms with van der Waals surface area (Å²) in [6.07, 6.45) is 1.47. The summed E-state index contributed by atoms with van der Waals surface area (Å²) >= 11 is 6.78. The number of esters is 1. The third kappa shape index (κ3) is 9.40. The van der Waals surface area contributed by atoms with Crippen molar-refractivity contribution < 1.29 is 61.0 Å². The lowest BCUT2D eigenvalue weighted by atomic mass is 9.43. The molecule has 5 amide bonds. The van der Waals surface area contributed by atoms with Crippen LogP contribution in [-0.2, 0) is 34.9 Å². The van der Waals surface area contributed by atoms with Gasteiger partial charge in [-0.2, -0.15) is 0 Å². The fourth-order valence-electron chi connectivity index (χ4n) is 9.34. The maximum Gasteiger partial charge on any atom is 0.482 e. The Labute approximate surface area is 377 Å². The molecule has 6 atom stereocenters. The number of rotatable bonds is 14. The van der Waals surface area contributed by atoms with Gasteiger partial charge in [-0.25, -0.2) is 18.4 Å². The van der Waals surface area contributed by atoms with Crippen molar-refractivity contribution in [3.8, 4) is 17.2 Å². The Kier molecular flexibility index (Phi) is 14.9. The highest BCUT2D eigenvalue weighted by atomic mass is 35.5. The zero-order chi connectivity index (χ0) is 45.6. The van der Waals surface area contributed by atoms with Crippen LogP contribution in [0.5, 0.6) is 17.2 Å². The third-order valence-electron chi connectivity index (χ3n) is 12.7. The third-order valence-corrected chi connectivity index (χ3v) is 13.0. The molecule has 4 N–H and O–H groups in total. The van der Waals surface area contributed by atoms with Crippen LogP contribution in [0, 0.1) is 28.9 Å². The summed E-state index contributed by atoms with van der Waals surface area (Å²) in [6, 6.07) is 0.337. The molecule has 2 saturated heterocycles. The van der Waals surface area contributed by atoms with Crippen molar-refractivity contribution >= 4 is 60.8 Å². The van der Waals surface area contributed by atoms with E-state index in [9.17, 15) is 24.0 Å². The van der Waals surface area contributed by atoms with E-state index >= 15 is 8.78 Å². The van der Waals surface area contributed by atoms with Crippen molar-refractivity contribution in [2.24, 2.45) is 23.0 Å². The minimum Gasteiger partial charge on any atom is -0.495 e. The lowest BCUT2D eigenvalue weighted by Gasteiger charge is -2.64. The zero-order valence-electron chi connectivity index (χ0n) is 36.9. The smallest absolute Gasteiger partial charge is 0.482 e. The number of imide groups is 1. The maximum absolute atomic E-state index is 15.7. The van der Waals surface area contributed by atoms with Crippen LogP contribution in [0.15, 0.2) is 18.2 Å². The average molecular weight is 927 g/mol. The Bertz CT molecular complexity index is 2130. The Hall–Kier alpha value is -4.43. The molecule has 0 spiro atoms. The predicted molar refractivity (Wildman–Crippen MR) is 229 cm³/mol. The molecular weight excluding hydrogens is 870 g/mol. The van der Waals surface area contributed by atoms with Crippen LogP contribution in [-0.4, -0.2) is 117 Å². The van der Waals surface area contributed by atoms with Gasteiger partial charge < -0.3 is 49.5 Å². The molecule has 3 aliphatic carbocycles. The molecule has 7 rings (SSSR count).